The average Bonchev–Trinajstić information content (AvgIpc) is 3.28. The Bertz CT molecular complexity index is 1420. The van der Waals surface area contributed by atoms with Crippen LogP contribution in [-0.2, 0) is 10.8 Å². The van der Waals surface area contributed by atoms with Crippen LogP contribution in [0.1, 0.15) is 71.9 Å². The summed E-state index contributed by atoms with van der Waals surface area (Å²) in [6.07, 6.45) is 14.9. The Labute approximate surface area is 230 Å². The van der Waals surface area contributed by atoms with Crippen molar-refractivity contribution in [1.82, 2.24) is 0 Å². The number of hydrogen-bond donors (Lipinski definition) is 0. The summed E-state index contributed by atoms with van der Waals surface area (Å²) in [6.45, 7) is 20.1. The quantitative estimate of drug-likeness (QED) is 0.357. The summed E-state index contributed by atoms with van der Waals surface area (Å²) in [7, 11) is 0. The monoisotopic (exact) mass is 503 g/mol. The van der Waals surface area contributed by atoms with E-state index in [1.54, 1.807) is 0 Å². The highest BCUT2D eigenvalue weighted by molar-refractivity contribution is 6.03. The molecule has 0 radical (unpaired) electrons. The molecule has 196 valence electrons. The molecule has 2 heteroatoms. The molecule has 2 heterocycles. The van der Waals surface area contributed by atoms with Crippen LogP contribution in [0, 0.1) is 0 Å². The third-order valence-corrected chi connectivity index (χ3v) is 8.90. The molecule has 0 atom stereocenters. The number of rotatable bonds is 6. The van der Waals surface area contributed by atoms with Gasteiger partial charge in [-0.1, -0.05) is 75.1 Å². The van der Waals surface area contributed by atoms with Gasteiger partial charge in [0.25, 0.3) is 0 Å². The predicted molar refractivity (Wildman–Crippen MR) is 164 cm³/mol. The number of para-hydroxylation sites is 2. The van der Waals surface area contributed by atoms with Crippen molar-refractivity contribution in [2.45, 2.75) is 71.6 Å². The Morgan fingerprint density at radius 3 is 2.29 bits per heavy atom. The fourth-order valence-electron chi connectivity index (χ4n) is 6.88. The van der Waals surface area contributed by atoms with Crippen LogP contribution in [0.5, 0.6) is 0 Å². The summed E-state index contributed by atoms with van der Waals surface area (Å²) in [5.41, 5.74) is 12.3. The van der Waals surface area contributed by atoms with Crippen molar-refractivity contribution in [2.24, 2.45) is 0 Å². The van der Waals surface area contributed by atoms with Gasteiger partial charge in [-0.25, -0.2) is 0 Å². The zero-order valence-electron chi connectivity index (χ0n) is 24.1. The van der Waals surface area contributed by atoms with E-state index in [1.165, 1.54) is 57.1 Å². The highest BCUT2D eigenvalue weighted by Crippen LogP contribution is 2.47. The third-order valence-electron chi connectivity index (χ3n) is 8.90. The fourth-order valence-corrected chi connectivity index (χ4v) is 6.88. The van der Waals surface area contributed by atoms with Gasteiger partial charge in [0.1, 0.15) is 6.54 Å². The normalized spacial score (nSPS) is 22.1. The maximum Gasteiger partial charge on any atom is 0.209 e. The molecule has 0 bridgehead atoms. The van der Waals surface area contributed by atoms with Gasteiger partial charge >= 0.3 is 0 Å². The van der Waals surface area contributed by atoms with Crippen molar-refractivity contribution in [3.63, 3.8) is 0 Å². The van der Waals surface area contributed by atoms with Crippen LogP contribution >= 0.6 is 0 Å². The van der Waals surface area contributed by atoms with Crippen LogP contribution in [0.15, 0.2) is 108 Å². The van der Waals surface area contributed by atoms with Crippen LogP contribution < -0.4 is 4.90 Å². The van der Waals surface area contributed by atoms with E-state index in [0.717, 1.165) is 25.9 Å². The summed E-state index contributed by atoms with van der Waals surface area (Å²) in [4.78, 5) is 2.48. The minimum Gasteiger partial charge on any atom is -0.344 e. The molecule has 2 aliphatic heterocycles. The first-order valence-electron chi connectivity index (χ1n) is 14.3. The molecule has 0 saturated carbocycles. The lowest BCUT2D eigenvalue weighted by Gasteiger charge is -2.26. The molecule has 2 nitrogen and oxygen atoms in total. The van der Waals surface area contributed by atoms with E-state index in [9.17, 15) is 0 Å². The van der Waals surface area contributed by atoms with E-state index in [4.69, 9.17) is 0 Å². The molecule has 0 amide bonds. The molecule has 2 aromatic carbocycles. The van der Waals surface area contributed by atoms with Crippen LogP contribution in [0.2, 0.25) is 0 Å². The largest absolute Gasteiger partial charge is 0.344 e. The summed E-state index contributed by atoms with van der Waals surface area (Å²) in [5.74, 6) is 0. The van der Waals surface area contributed by atoms with E-state index < -0.39 is 0 Å². The molecule has 0 unspecified atom stereocenters. The van der Waals surface area contributed by atoms with Crippen molar-refractivity contribution in [3.8, 4) is 0 Å². The molecule has 2 aromatic rings. The van der Waals surface area contributed by atoms with Crippen molar-refractivity contribution in [1.29, 1.82) is 0 Å². The van der Waals surface area contributed by atoms with E-state index in [2.05, 4.69) is 137 Å². The Hall–Kier alpha value is -3.39. The standard InChI is InChI=1S/C36H43N2/c1-8-28-26(22-24-33-35(4,5)29-18-11-13-20-31(29)37(33)9-2)16-15-17-27(28)23-25-34-36(6,7)30-19-12-14-21-32(30)38(34)10-3/h8,11-14,18-25H,1,9-10,15-17H2,2-7H3/q+1. The van der Waals surface area contributed by atoms with Crippen LogP contribution in [0.4, 0.5) is 11.4 Å². The summed E-state index contributed by atoms with van der Waals surface area (Å²) < 4.78 is 2.48. The molecule has 0 N–H and O–H groups in total. The van der Waals surface area contributed by atoms with Gasteiger partial charge in [0.2, 0.25) is 5.69 Å². The molecule has 0 saturated heterocycles. The van der Waals surface area contributed by atoms with Gasteiger partial charge in [-0.05, 0) is 81.4 Å². The Morgan fingerprint density at radius 2 is 1.58 bits per heavy atom. The fraction of sp³-hybridized carbons (Fsp3) is 0.361. The second kappa shape index (κ2) is 10.1. The SMILES string of the molecule is C=CC1=C(/C=C/C2=[N+](CC)c3ccccc3C2(C)C)CCC/C1=C\C=C1\N(CC)c2ccccc2C1(C)C. The molecular formula is C36H43N2+. The van der Waals surface area contributed by atoms with E-state index in [-0.39, 0.29) is 10.8 Å². The highest BCUT2D eigenvalue weighted by Gasteiger charge is 2.43. The van der Waals surface area contributed by atoms with Gasteiger partial charge < -0.3 is 4.90 Å². The summed E-state index contributed by atoms with van der Waals surface area (Å²) in [6, 6.07) is 17.7. The molecule has 38 heavy (non-hydrogen) atoms. The average molecular weight is 504 g/mol. The molecule has 3 aliphatic rings. The Balaban J connectivity index is 1.52. The lowest BCUT2D eigenvalue weighted by Crippen LogP contribution is -2.27. The molecule has 0 spiro atoms. The van der Waals surface area contributed by atoms with Gasteiger partial charge in [-0.2, -0.15) is 4.58 Å². The lowest BCUT2D eigenvalue weighted by molar-refractivity contribution is -0.433. The van der Waals surface area contributed by atoms with Gasteiger partial charge in [0, 0.05) is 41.1 Å². The maximum atomic E-state index is 4.25. The second-order valence-electron chi connectivity index (χ2n) is 11.7. The first-order chi connectivity index (χ1) is 18.2. The van der Waals surface area contributed by atoms with Crippen molar-refractivity contribution < 1.29 is 4.58 Å². The molecule has 1 aliphatic carbocycles. The molecule has 5 rings (SSSR count). The minimum atomic E-state index is -0.0115. The maximum absolute atomic E-state index is 4.25. The third kappa shape index (κ3) is 4.15. The smallest absolute Gasteiger partial charge is 0.209 e. The van der Waals surface area contributed by atoms with E-state index in [0.29, 0.717) is 0 Å². The summed E-state index contributed by atoms with van der Waals surface area (Å²) >= 11 is 0. The van der Waals surface area contributed by atoms with E-state index >= 15 is 0 Å². The van der Waals surface area contributed by atoms with Gasteiger partial charge in [-0.3, -0.25) is 0 Å². The Kier molecular flexibility index (Phi) is 6.94. The number of allylic oxidation sites excluding steroid dienone is 9. The zero-order valence-corrected chi connectivity index (χ0v) is 24.1. The molecule has 0 aromatic heterocycles. The van der Waals surface area contributed by atoms with Crippen molar-refractivity contribution in [2.75, 3.05) is 18.0 Å². The number of fused-ring (bicyclic) bond motifs is 2. The first-order valence-corrected chi connectivity index (χ1v) is 14.3. The second-order valence-corrected chi connectivity index (χ2v) is 11.7. The lowest BCUT2D eigenvalue weighted by atomic mass is 9.80. The van der Waals surface area contributed by atoms with Gasteiger partial charge in [-0.15, -0.1) is 0 Å². The first kappa shape index (κ1) is 26.2. The molecular weight excluding hydrogens is 460 g/mol. The number of hydrogen-bond acceptors (Lipinski definition) is 1. The summed E-state index contributed by atoms with van der Waals surface area (Å²) in [5, 5.41) is 0. The van der Waals surface area contributed by atoms with Crippen molar-refractivity contribution in [3.05, 3.63) is 119 Å². The van der Waals surface area contributed by atoms with E-state index in [1.807, 2.05) is 0 Å². The topological polar surface area (TPSA) is 6.25 Å². The van der Waals surface area contributed by atoms with Crippen molar-refractivity contribution >= 4 is 17.1 Å². The van der Waals surface area contributed by atoms with Crippen LogP contribution in [0.3, 0.4) is 0 Å². The predicted octanol–water partition coefficient (Wildman–Crippen LogP) is 8.93. The highest BCUT2D eigenvalue weighted by atomic mass is 15.2. The van der Waals surface area contributed by atoms with Gasteiger partial charge in [0.15, 0.2) is 5.71 Å². The number of likely N-dealkylation sites (N-methyl/N-ethyl adjacent to an activating group) is 1. The number of benzene rings is 2. The number of anilines is 1. The minimum absolute atomic E-state index is 0.0115. The zero-order chi connectivity index (χ0) is 27.1. The van der Waals surface area contributed by atoms with Gasteiger partial charge in [0.05, 0.1) is 5.41 Å². The number of nitrogens with zero attached hydrogens (tertiary/aromatic N) is 2. The Morgan fingerprint density at radius 1 is 0.868 bits per heavy atom. The molecule has 0 fully saturated rings. The van der Waals surface area contributed by atoms with Crippen LogP contribution in [-0.4, -0.2) is 23.4 Å². The van der Waals surface area contributed by atoms with Crippen LogP contribution in [0.25, 0.3) is 0 Å².